The number of carbonyl (C=O) groups is 1. The Labute approximate surface area is 176 Å². The molecule has 160 valence electrons. The summed E-state index contributed by atoms with van der Waals surface area (Å²) in [5, 5.41) is 2.78. The van der Waals surface area contributed by atoms with Crippen LogP contribution in [0.5, 0.6) is 0 Å². The maximum atomic E-state index is 13.5. The Morgan fingerprint density at radius 1 is 1.17 bits per heavy atom. The van der Waals surface area contributed by atoms with Gasteiger partial charge < -0.3 is 10.1 Å². The fourth-order valence-electron chi connectivity index (χ4n) is 4.47. The van der Waals surface area contributed by atoms with Crippen LogP contribution in [-0.4, -0.2) is 44.9 Å². The molecule has 0 radical (unpaired) electrons. The lowest BCUT2D eigenvalue weighted by Crippen LogP contribution is -2.42. The van der Waals surface area contributed by atoms with Crippen molar-refractivity contribution >= 4 is 21.6 Å². The van der Waals surface area contributed by atoms with E-state index in [4.69, 9.17) is 4.74 Å². The first kappa shape index (κ1) is 21.0. The van der Waals surface area contributed by atoms with Crippen molar-refractivity contribution in [3.63, 3.8) is 0 Å². The number of nitrogens with one attached hydrogen (secondary N) is 1. The molecule has 30 heavy (non-hydrogen) atoms. The first-order valence-electron chi connectivity index (χ1n) is 10.0. The maximum Gasteiger partial charge on any atom is 0.243 e. The van der Waals surface area contributed by atoms with Crippen molar-refractivity contribution in [3.8, 4) is 0 Å². The minimum Gasteiger partial charge on any atom is -0.381 e. The third-order valence-corrected chi connectivity index (χ3v) is 7.95. The summed E-state index contributed by atoms with van der Waals surface area (Å²) in [6, 6.07) is 12.5. The van der Waals surface area contributed by atoms with Gasteiger partial charge in [-0.2, -0.15) is 4.31 Å². The Kier molecular flexibility index (Phi) is 5.65. The van der Waals surface area contributed by atoms with Gasteiger partial charge in [0.1, 0.15) is 5.82 Å². The van der Waals surface area contributed by atoms with Crippen LogP contribution >= 0.6 is 0 Å². The zero-order valence-electron chi connectivity index (χ0n) is 16.8. The number of hydrogen-bond donors (Lipinski definition) is 1. The summed E-state index contributed by atoms with van der Waals surface area (Å²) in [4.78, 5) is 13.4. The van der Waals surface area contributed by atoms with E-state index in [-0.39, 0.29) is 23.9 Å². The summed E-state index contributed by atoms with van der Waals surface area (Å²) in [7, 11) is -3.73. The number of carbonyl (C=O) groups excluding carboxylic acids is 1. The number of halogens is 1. The Balaban J connectivity index is 1.63. The Morgan fingerprint density at radius 3 is 2.60 bits per heavy atom. The number of ether oxygens (including phenoxy) is 1. The largest absolute Gasteiger partial charge is 0.381 e. The molecule has 0 unspecified atom stereocenters. The molecular formula is C22H25FN2O4S. The van der Waals surface area contributed by atoms with Crippen molar-refractivity contribution in [1.82, 2.24) is 4.31 Å². The van der Waals surface area contributed by atoms with Gasteiger partial charge in [-0.1, -0.05) is 18.2 Å². The fraction of sp³-hybridized carbons (Fsp3) is 0.409. The summed E-state index contributed by atoms with van der Waals surface area (Å²) < 4.78 is 47.0. The van der Waals surface area contributed by atoms with Gasteiger partial charge in [0.05, 0.1) is 10.8 Å². The van der Waals surface area contributed by atoms with E-state index in [0.717, 1.165) is 5.56 Å². The van der Waals surface area contributed by atoms with E-state index in [1.165, 1.54) is 22.5 Å². The number of amides is 1. The summed E-state index contributed by atoms with van der Waals surface area (Å²) in [5.41, 5.74) is 0.727. The predicted molar refractivity (Wildman–Crippen MR) is 111 cm³/mol. The molecule has 1 atom stereocenters. The Bertz CT molecular complexity index is 1050. The summed E-state index contributed by atoms with van der Waals surface area (Å²) in [6.45, 7) is 3.19. The molecule has 2 heterocycles. The van der Waals surface area contributed by atoms with E-state index in [2.05, 4.69) is 5.32 Å². The van der Waals surface area contributed by atoms with Crippen molar-refractivity contribution in [1.29, 1.82) is 0 Å². The molecule has 2 fully saturated rings. The van der Waals surface area contributed by atoms with Gasteiger partial charge in [0.15, 0.2) is 0 Å². The van der Waals surface area contributed by atoms with Crippen LogP contribution in [0, 0.1) is 24.1 Å². The van der Waals surface area contributed by atoms with E-state index in [1.807, 2.05) is 13.0 Å². The number of benzene rings is 2. The lowest BCUT2D eigenvalue weighted by Gasteiger charge is -2.37. The highest BCUT2D eigenvalue weighted by atomic mass is 32.2. The third-order valence-electron chi connectivity index (χ3n) is 6.14. The van der Waals surface area contributed by atoms with Crippen LogP contribution in [0.1, 0.15) is 18.4 Å². The average molecular weight is 433 g/mol. The monoisotopic (exact) mass is 432 g/mol. The molecule has 2 aromatic rings. The van der Waals surface area contributed by atoms with Crippen LogP contribution in [0.25, 0.3) is 0 Å². The molecule has 2 aliphatic rings. The highest BCUT2D eigenvalue weighted by Crippen LogP contribution is 2.46. The summed E-state index contributed by atoms with van der Waals surface area (Å²) in [5.74, 6) is -1.27. The van der Waals surface area contributed by atoms with Crippen molar-refractivity contribution in [2.75, 3.05) is 31.6 Å². The second-order valence-electron chi connectivity index (χ2n) is 8.14. The fourth-order valence-corrected chi connectivity index (χ4v) is 6.13. The minimum absolute atomic E-state index is 0.0947. The molecule has 1 spiro atoms. The number of nitrogens with zero attached hydrogens (tertiary/aromatic N) is 1. The molecule has 0 aliphatic carbocycles. The SMILES string of the molecule is Cc1cccc(S(=O)(=O)N2C[C@@H](C(=O)Nc3cccc(F)c3)C3(CCOCC3)C2)c1. The van der Waals surface area contributed by atoms with Crippen LogP contribution in [0.3, 0.4) is 0 Å². The number of hydrogen-bond acceptors (Lipinski definition) is 4. The van der Waals surface area contributed by atoms with Gasteiger partial charge in [0.2, 0.25) is 15.9 Å². The van der Waals surface area contributed by atoms with Crippen LogP contribution in [-0.2, 0) is 19.6 Å². The molecule has 8 heteroatoms. The first-order chi connectivity index (χ1) is 14.3. The highest BCUT2D eigenvalue weighted by Gasteiger charge is 2.53. The molecule has 6 nitrogen and oxygen atoms in total. The number of sulfonamides is 1. The molecule has 0 bridgehead atoms. The van der Waals surface area contributed by atoms with Crippen LogP contribution in [0.15, 0.2) is 53.4 Å². The van der Waals surface area contributed by atoms with E-state index in [0.29, 0.717) is 31.7 Å². The van der Waals surface area contributed by atoms with E-state index < -0.39 is 27.2 Å². The van der Waals surface area contributed by atoms with Crippen molar-refractivity contribution in [2.45, 2.75) is 24.7 Å². The van der Waals surface area contributed by atoms with Gasteiger partial charge in [-0.05, 0) is 55.7 Å². The molecule has 0 saturated carbocycles. The van der Waals surface area contributed by atoms with Gasteiger partial charge in [-0.15, -0.1) is 0 Å². The van der Waals surface area contributed by atoms with Gasteiger partial charge >= 0.3 is 0 Å². The Morgan fingerprint density at radius 2 is 1.90 bits per heavy atom. The number of rotatable bonds is 4. The molecule has 1 N–H and O–H groups in total. The molecule has 4 rings (SSSR count). The van der Waals surface area contributed by atoms with Crippen molar-refractivity contribution < 1.29 is 22.3 Å². The minimum atomic E-state index is -3.73. The van der Waals surface area contributed by atoms with Gasteiger partial charge in [0.25, 0.3) is 0 Å². The molecule has 1 amide bonds. The first-order valence-corrected chi connectivity index (χ1v) is 11.5. The molecule has 0 aromatic heterocycles. The van der Waals surface area contributed by atoms with Gasteiger partial charge in [-0.3, -0.25) is 4.79 Å². The standard InChI is InChI=1S/C22H25FN2O4S/c1-16-4-2-7-19(12-16)30(27,28)25-14-20(22(15-25)8-10-29-11-9-22)21(26)24-18-6-3-5-17(23)13-18/h2-7,12-13,20H,8-11,14-15H2,1H3,(H,24,26)/t20-/m0/s1. The van der Waals surface area contributed by atoms with Gasteiger partial charge in [0, 0.05) is 37.4 Å². The van der Waals surface area contributed by atoms with Crippen LogP contribution in [0.2, 0.25) is 0 Å². The smallest absolute Gasteiger partial charge is 0.243 e. The molecule has 2 aliphatic heterocycles. The third kappa shape index (κ3) is 3.99. The van der Waals surface area contributed by atoms with E-state index in [9.17, 15) is 17.6 Å². The van der Waals surface area contributed by atoms with Crippen molar-refractivity contribution in [2.24, 2.45) is 11.3 Å². The second kappa shape index (κ2) is 8.09. The van der Waals surface area contributed by atoms with Gasteiger partial charge in [-0.25, -0.2) is 12.8 Å². The zero-order valence-corrected chi connectivity index (χ0v) is 17.6. The normalized spacial score (nSPS) is 21.6. The predicted octanol–water partition coefficient (Wildman–Crippen LogP) is 3.19. The quantitative estimate of drug-likeness (QED) is 0.805. The number of aryl methyl sites for hydroxylation is 1. The maximum absolute atomic E-state index is 13.5. The summed E-state index contributed by atoms with van der Waals surface area (Å²) in [6.07, 6.45) is 1.21. The Hall–Kier alpha value is -2.29. The van der Waals surface area contributed by atoms with Crippen LogP contribution < -0.4 is 5.32 Å². The molecule has 2 saturated heterocycles. The number of anilines is 1. The van der Waals surface area contributed by atoms with Crippen molar-refractivity contribution in [3.05, 3.63) is 59.9 Å². The molecular weight excluding hydrogens is 407 g/mol. The second-order valence-corrected chi connectivity index (χ2v) is 10.1. The lowest BCUT2D eigenvalue weighted by atomic mass is 9.72. The average Bonchev–Trinajstić information content (AvgIpc) is 3.08. The molecule has 2 aromatic carbocycles. The lowest BCUT2D eigenvalue weighted by molar-refractivity contribution is -0.124. The van der Waals surface area contributed by atoms with E-state index >= 15 is 0 Å². The van der Waals surface area contributed by atoms with Crippen LogP contribution in [0.4, 0.5) is 10.1 Å². The van der Waals surface area contributed by atoms with E-state index in [1.54, 1.807) is 24.3 Å². The highest BCUT2D eigenvalue weighted by molar-refractivity contribution is 7.89. The topological polar surface area (TPSA) is 75.7 Å². The zero-order chi connectivity index (χ0) is 21.4. The summed E-state index contributed by atoms with van der Waals surface area (Å²) >= 11 is 0.